The second-order valence-electron chi connectivity index (χ2n) is 5.24. The highest BCUT2D eigenvalue weighted by Crippen LogP contribution is 2.17. The van der Waals surface area contributed by atoms with E-state index in [1.807, 2.05) is 0 Å². The highest BCUT2D eigenvalue weighted by atomic mass is 35.5. The molecule has 27 heavy (non-hydrogen) atoms. The fourth-order valence-electron chi connectivity index (χ4n) is 1.98. The summed E-state index contributed by atoms with van der Waals surface area (Å²) in [6.07, 6.45) is 1.46. The summed E-state index contributed by atoms with van der Waals surface area (Å²) in [6.45, 7) is 0. The summed E-state index contributed by atoms with van der Waals surface area (Å²) in [5.41, 5.74) is 3.91. The number of benzene rings is 2. The number of carbonyl (C=O) groups excluding carboxylic acids is 1. The quantitative estimate of drug-likeness (QED) is 0.273. The van der Waals surface area contributed by atoms with Gasteiger partial charge in [0.25, 0.3) is 0 Å². The Morgan fingerprint density at radius 2 is 2.04 bits per heavy atom. The number of hydrogen-bond acceptors (Lipinski definition) is 7. The first-order valence-electron chi connectivity index (χ1n) is 7.78. The predicted molar refractivity (Wildman–Crippen MR) is 107 cm³/mol. The molecule has 3 rings (SSSR count). The van der Waals surface area contributed by atoms with Gasteiger partial charge in [-0.1, -0.05) is 35.5 Å². The van der Waals surface area contributed by atoms with Crippen LogP contribution in [-0.2, 0) is 4.79 Å². The van der Waals surface area contributed by atoms with Crippen LogP contribution in [0.15, 0.2) is 58.8 Å². The summed E-state index contributed by atoms with van der Waals surface area (Å²) >= 11 is 6.99. The first-order chi connectivity index (χ1) is 13.1. The van der Waals surface area contributed by atoms with E-state index in [-0.39, 0.29) is 17.4 Å². The number of hydrogen-bond donors (Lipinski definition) is 4. The van der Waals surface area contributed by atoms with Crippen LogP contribution in [0.25, 0.3) is 0 Å². The van der Waals surface area contributed by atoms with E-state index in [9.17, 15) is 9.90 Å². The van der Waals surface area contributed by atoms with E-state index in [0.29, 0.717) is 27.4 Å². The molecule has 0 aliphatic rings. The molecule has 0 atom stereocenters. The molecule has 0 bridgehead atoms. The van der Waals surface area contributed by atoms with Gasteiger partial charge in [-0.15, -0.1) is 5.10 Å². The summed E-state index contributed by atoms with van der Waals surface area (Å²) in [6, 6.07) is 13.7. The summed E-state index contributed by atoms with van der Waals surface area (Å²) < 4.78 is 0. The monoisotopic (exact) mass is 402 g/mol. The zero-order valence-corrected chi connectivity index (χ0v) is 15.5. The van der Waals surface area contributed by atoms with Crippen molar-refractivity contribution in [3.63, 3.8) is 0 Å². The highest BCUT2D eigenvalue weighted by Gasteiger charge is 2.08. The van der Waals surface area contributed by atoms with Crippen LogP contribution in [0.1, 0.15) is 5.56 Å². The van der Waals surface area contributed by atoms with Crippen LogP contribution in [0.5, 0.6) is 5.75 Å². The number of phenols is 1. The number of aromatic amines is 1. The molecule has 4 N–H and O–H groups in total. The number of para-hydroxylation sites is 1. The second kappa shape index (κ2) is 9.06. The number of H-pyrrole nitrogens is 1. The number of aromatic hydroxyl groups is 1. The maximum Gasteiger partial charge on any atom is 0.240 e. The number of aromatic nitrogens is 3. The first kappa shape index (κ1) is 18.7. The van der Waals surface area contributed by atoms with E-state index in [0.717, 1.165) is 0 Å². The lowest BCUT2D eigenvalue weighted by atomic mass is 10.2. The minimum absolute atomic E-state index is 0.128. The molecular weight excluding hydrogens is 388 g/mol. The third kappa shape index (κ3) is 5.73. The average Bonchev–Trinajstić information content (AvgIpc) is 3.11. The molecule has 1 heterocycles. The van der Waals surface area contributed by atoms with E-state index in [2.05, 4.69) is 31.0 Å². The van der Waals surface area contributed by atoms with Crippen LogP contribution in [0.3, 0.4) is 0 Å². The van der Waals surface area contributed by atoms with Crippen molar-refractivity contribution in [3.05, 3.63) is 59.1 Å². The van der Waals surface area contributed by atoms with Crippen molar-refractivity contribution < 1.29 is 9.90 Å². The Labute approximate surface area is 164 Å². The van der Waals surface area contributed by atoms with Gasteiger partial charge in [0.05, 0.1) is 12.0 Å². The maximum atomic E-state index is 11.9. The Hall–Kier alpha value is -3.04. The van der Waals surface area contributed by atoms with Crippen LogP contribution in [0.4, 0.5) is 11.6 Å². The number of anilines is 2. The SMILES string of the molecule is O=C(CSc1n[nH]c(N/N=C/c2ccccc2O)n1)Nc1ccc(Cl)cc1. The summed E-state index contributed by atoms with van der Waals surface area (Å²) in [4.78, 5) is 16.1. The van der Waals surface area contributed by atoms with Gasteiger partial charge in [0.1, 0.15) is 5.75 Å². The molecule has 0 saturated carbocycles. The van der Waals surface area contributed by atoms with Crippen molar-refractivity contribution in [3.8, 4) is 5.75 Å². The van der Waals surface area contributed by atoms with Gasteiger partial charge in [0, 0.05) is 16.3 Å². The van der Waals surface area contributed by atoms with Gasteiger partial charge in [-0.3, -0.25) is 4.79 Å². The molecule has 0 aliphatic heterocycles. The third-order valence-electron chi connectivity index (χ3n) is 3.24. The number of carbonyl (C=O) groups is 1. The van der Waals surface area contributed by atoms with E-state index in [4.69, 9.17) is 11.6 Å². The van der Waals surface area contributed by atoms with Gasteiger partial charge in [0.15, 0.2) is 0 Å². The van der Waals surface area contributed by atoms with Crippen molar-refractivity contribution >= 4 is 47.1 Å². The van der Waals surface area contributed by atoms with E-state index < -0.39 is 0 Å². The molecule has 0 unspecified atom stereocenters. The zero-order chi connectivity index (χ0) is 19.1. The van der Waals surface area contributed by atoms with Crippen LogP contribution < -0.4 is 10.7 Å². The molecule has 10 heteroatoms. The fraction of sp³-hybridized carbons (Fsp3) is 0.0588. The number of hydrazone groups is 1. The van der Waals surface area contributed by atoms with Gasteiger partial charge < -0.3 is 10.4 Å². The van der Waals surface area contributed by atoms with Crippen molar-refractivity contribution in [2.24, 2.45) is 5.10 Å². The molecule has 3 aromatic rings. The molecule has 8 nitrogen and oxygen atoms in total. The maximum absolute atomic E-state index is 11.9. The lowest BCUT2D eigenvalue weighted by molar-refractivity contribution is -0.113. The van der Waals surface area contributed by atoms with Gasteiger partial charge in [-0.2, -0.15) is 10.1 Å². The summed E-state index contributed by atoms with van der Waals surface area (Å²) in [5, 5.41) is 24.1. The number of nitrogens with zero attached hydrogens (tertiary/aromatic N) is 3. The van der Waals surface area contributed by atoms with Crippen molar-refractivity contribution in [1.82, 2.24) is 15.2 Å². The normalized spacial score (nSPS) is 10.9. The molecule has 0 radical (unpaired) electrons. The lowest BCUT2D eigenvalue weighted by Crippen LogP contribution is -2.13. The largest absolute Gasteiger partial charge is 0.507 e. The Morgan fingerprint density at radius 1 is 1.26 bits per heavy atom. The van der Waals surface area contributed by atoms with E-state index >= 15 is 0 Å². The third-order valence-corrected chi connectivity index (χ3v) is 4.34. The number of halogens is 1. The van der Waals surface area contributed by atoms with Gasteiger partial charge in [-0.05, 0) is 36.4 Å². The van der Waals surface area contributed by atoms with Crippen LogP contribution in [-0.4, -0.2) is 38.2 Å². The predicted octanol–water partition coefficient (Wildman–Crippen LogP) is 3.34. The van der Waals surface area contributed by atoms with Gasteiger partial charge >= 0.3 is 0 Å². The number of phenolic OH excluding ortho intramolecular Hbond substituents is 1. The highest BCUT2D eigenvalue weighted by molar-refractivity contribution is 7.99. The van der Waals surface area contributed by atoms with Crippen LogP contribution >= 0.6 is 23.4 Å². The summed E-state index contributed by atoms with van der Waals surface area (Å²) in [5.74, 6) is 0.422. The molecule has 0 spiro atoms. The minimum atomic E-state index is -0.181. The zero-order valence-electron chi connectivity index (χ0n) is 13.9. The smallest absolute Gasteiger partial charge is 0.240 e. The van der Waals surface area contributed by atoms with E-state index in [1.165, 1.54) is 18.0 Å². The number of amides is 1. The standard InChI is InChI=1S/C17H15ClN6O2S/c18-12-5-7-13(8-6-12)20-15(26)10-27-17-21-16(23-24-17)22-19-9-11-3-1-2-4-14(11)25/h1-9,25H,10H2,(H,20,26)(H2,21,22,23,24)/b19-9+. The number of nitrogens with one attached hydrogen (secondary N) is 3. The fourth-order valence-corrected chi connectivity index (χ4v) is 2.71. The molecular formula is C17H15ClN6O2S. The van der Waals surface area contributed by atoms with Crippen LogP contribution in [0, 0.1) is 0 Å². The lowest BCUT2D eigenvalue weighted by Gasteiger charge is -2.03. The summed E-state index contributed by atoms with van der Waals surface area (Å²) in [7, 11) is 0. The van der Waals surface area contributed by atoms with Crippen molar-refractivity contribution in [2.75, 3.05) is 16.5 Å². The van der Waals surface area contributed by atoms with Gasteiger partial charge in [-0.25, -0.2) is 10.5 Å². The molecule has 1 amide bonds. The molecule has 0 aliphatic carbocycles. The Balaban J connectivity index is 1.47. The number of rotatable bonds is 7. The number of thioether (sulfide) groups is 1. The second-order valence-corrected chi connectivity index (χ2v) is 6.62. The Bertz CT molecular complexity index is 945. The molecule has 1 aromatic heterocycles. The van der Waals surface area contributed by atoms with Crippen LogP contribution in [0.2, 0.25) is 5.02 Å². The van der Waals surface area contributed by atoms with Crippen molar-refractivity contribution in [1.29, 1.82) is 0 Å². The van der Waals surface area contributed by atoms with Crippen molar-refractivity contribution in [2.45, 2.75) is 5.16 Å². The molecule has 0 saturated heterocycles. The van der Waals surface area contributed by atoms with E-state index in [1.54, 1.807) is 48.5 Å². The Morgan fingerprint density at radius 3 is 2.81 bits per heavy atom. The molecule has 138 valence electrons. The molecule has 0 fully saturated rings. The average molecular weight is 403 g/mol. The topological polar surface area (TPSA) is 115 Å². The van der Waals surface area contributed by atoms with Gasteiger partial charge in [0.2, 0.25) is 17.0 Å². The Kier molecular flexibility index (Phi) is 6.29. The first-order valence-corrected chi connectivity index (χ1v) is 9.14. The minimum Gasteiger partial charge on any atom is -0.507 e. The molecule has 2 aromatic carbocycles.